The van der Waals surface area contributed by atoms with Crippen LogP contribution in [0.3, 0.4) is 0 Å². The summed E-state index contributed by atoms with van der Waals surface area (Å²) in [5.74, 6) is 0.768. The van der Waals surface area contributed by atoms with E-state index in [1.54, 1.807) is 0 Å². The Kier molecular flexibility index (Phi) is 7.62. The molecule has 2 heterocycles. The Labute approximate surface area is 190 Å². The lowest BCUT2D eigenvalue weighted by atomic mass is 10.1. The molecule has 0 bridgehead atoms. The fourth-order valence-electron chi connectivity index (χ4n) is 4.32. The molecule has 4 rings (SSSR count). The molecule has 1 aliphatic heterocycles. The molecule has 1 fully saturated rings. The molecule has 168 valence electrons. The number of carbonyl (C=O) groups is 1. The Balaban J connectivity index is 1.52. The van der Waals surface area contributed by atoms with Crippen molar-refractivity contribution in [2.45, 2.75) is 39.3 Å². The molecule has 0 radical (unpaired) electrons. The van der Waals surface area contributed by atoms with Crippen LogP contribution in [0.1, 0.15) is 42.2 Å². The first-order valence-corrected chi connectivity index (χ1v) is 11.7. The van der Waals surface area contributed by atoms with E-state index < -0.39 is 0 Å². The number of piperidine rings is 1. The van der Waals surface area contributed by atoms with Crippen LogP contribution in [0, 0.1) is 0 Å². The minimum Gasteiger partial charge on any atom is -0.488 e. The summed E-state index contributed by atoms with van der Waals surface area (Å²) >= 11 is 0. The van der Waals surface area contributed by atoms with E-state index in [9.17, 15) is 4.79 Å². The molecular formula is C27H33N3O2. The van der Waals surface area contributed by atoms with Crippen molar-refractivity contribution in [3.63, 3.8) is 0 Å². The van der Waals surface area contributed by atoms with Crippen LogP contribution in [0.2, 0.25) is 0 Å². The number of likely N-dealkylation sites (tertiary alicyclic amines) is 1. The van der Waals surface area contributed by atoms with Gasteiger partial charge in [-0.3, -0.25) is 4.79 Å². The van der Waals surface area contributed by atoms with E-state index in [-0.39, 0.29) is 5.91 Å². The Bertz CT molecular complexity index is 1050. The lowest BCUT2D eigenvalue weighted by Crippen LogP contribution is -2.38. The van der Waals surface area contributed by atoms with E-state index in [4.69, 9.17) is 4.74 Å². The second kappa shape index (κ2) is 11.0. The molecule has 1 aromatic heterocycles. The average molecular weight is 432 g/mol. The predicted molar refractivity (Wildman–Crippen MR) is 130 cm³/mol. The number of aromatic nitrogens is 1. The highest BCUT2D eigenvalue weighted by Gasteiger charge is 2.18. The third-order valence-electron chi connectivity index (χ3n) is 6.06. The van der Waals surface area contributed by atoms with E-state index in [0.717, 1.165) is 41.9 Å². The number of carbonyl (C=O) groups excluding carboxylic acids is 1. The number of nitrogens with one attached hydrogen (secondary N) is 1. The zero-order chi connectivity index (χ0) is 22.2. The summed E-state index contributed by atoms with van der Waals surface area (Å²) in [6.45, 7) is 7.00. The van der Waals surface area contributed by atoms with Gasteiger partial charge in [-0.25, -0.2) is 0 Å². The summed E-state index contributed by atoms with van der Waals surface area (Å²) in [6, 6.07) is 18.1. The maximum atomic E-state index is 13.1. The van der Waals surface area contributed by atoms with Gasteiger partial charge in [-0.2, -0.15) is 0 Å². The minimum absolute atomic E-state index is 0.0308. The molecule has 1 saturated heterocycles. The van der Waals surface area contributed by atoms with Crippen molar-refractivity contribution in [3.05, 3.63) is 78.0 Å². The van der Waals surface area contributed by atoms with Crippen LogP contribution in [-0.4, -0.2) is 41.6 Å². The van der Waals surface area contributed by atoms with Gasteiger partial charge in [0.05, 0.1) is 5.52 Å². The highest BCUT2D eigenvalue weighted by Crippen LogP contribution is 2.30. The van der Waals surface area contributed by atoms with Gasteiger partial charge in [-0.05, 0) is 56.6 Å². The molecule has 3 aromatic rings. The maximum Gasteiger partial charge on any atom is 0.268 e. The summed E-state index contributed by atoms with van der Waals surface area (Å²) < 4.78 is 8.22. The second-order valence-electron chi connectivity index (χ2n) is 8.33. The monoisotopic (exact) mass is 431 g/mol. The molecule has 0 unspecified atom stereocenters. The molecular weight excluding hydrogens is 398 g/mol. The number of hydrogen-bond donors (Lipinski definition) is 1. The molecule has 1 amide bonds. The molecule has 0 saturated carbocycles. The number of allylic oxidation sites excluding steroid dienone is 2. The van der Waals surface area contributed by atoms with Crippen molar-refractivity contribution in [2.75, 3.05) is 26.2 Å². The normalized spacial score (nSPS) is 14.8. The Hall–Kier alpha value is -3.05. The highest BCUT2D eigenvalue weighted by molar-refractivity contribution is 6.00. The van der Waals surface area contributed by atoms with E-state index in [1.165, 1.54) is 19.3 Å². The number of benzene rings is 2. The molecule has 1 N–H and O–H groups in total. The van der Waals surface area contributed by atoms with Crippen molar-refractivity contribution < 1.29 is 9.53 Å². The fourth-order valence-corrected chi connectivity index (χ4v) is 4.32. The van der Waals surface area contributed by atoms with Crippen molar-refractivity contribution in [1.82, 2.24) is 14.8 Å². The van der Waals surface area contributed by atoms with E-state index >= 15 is 0 Å². The van der Waals surface area contributed by atoms with Gasteiger partial charge in [0, 0.05) is 25.0 Å². The molecule has 5 nitrogen and oxygen atoms in total. The predicted octanol–water partition coefficient (Wildman–Crippen LogP) is 5.01. The number of fused-ring (bicyclic) bond motifs is 1. The van der Waals surface area contributed by atoms with E-state index in [2.05, 4.69) is 39.1 Å². The Morgan fingerprint density at radius 1 is 1.06 bits per heavy atom. The van der Waals surface area contributed by atoms with Crippen molar-refractivity contribution in [2.24, 2.45) is 0 Å². The lowest BCUT2D eigenvalue weighted by Gasteiger charge is -2.26. The number of ether oxygens (including phenoxy) is 1. The number of nitrogens with zero attached hydrogens (tertiary/aromatic N) is 2. The van der Waals surface area contributed by atoms with E-state index in [0.29, 0.717) is 25.4 Å². The maximum absolute atomic E-state index is 13.1. The van der Waals surface area contributed by atoms with Crippen molar-refractivity contribution >= 4 is 16.8 Å². The first-order chi connectivity index (χ1) is 15.8. The van der Waals surface area contributed by atoms with Gasteiger partial charge in [0.1, 0.15) is 18.1 Å². The first-order valence-electron chi connectivity index (χ1n) is 11.7. The van der Waals surface area contributed by atoms with Gasteiger partial charge in [0.15, 0.2) is 0 Å². The van der Waals surface area contributed by atoms with Crippen molar-refractivity contribution in [1.29, 1.82) is 0 Å². The fraction of sp³-hybridized carbons (Fsp3) is 0.370. The van der Waals surface area contributed by atoms with Crippen LogP contribution >= 0.6 is 0 Å². The van der Waals surface area contributed by atoms with Gasteiger partial charge in [0.2, 0.25) is 0 Å². The Morgan fingerprint density at radius 3 is 2.66 bits per heavy atom. The van der Waals surface area contributed by atoms with E-state index in [1.807, 2.05) is 49.4 Å². The second-order valence-corrected chi connectivity index (χ2v) is 8.33. The molecule has 1 aliphatic rings. The molecule has 0 atom stereocenters. The molecule has 0 aliphatic carbocycles. The summed E-state index contributed by atoms with van der Waals surface area (Å²) in [4.78, 5) is 15.6. The van der Waals surface area contributed by atoms with Crippen LogP contribution in [0.5, 0.6) is 5.75 Å². The third-order valence-corrected chi connectivity index (χ3v) is 6.06. The summed E-state index contributed by atoms with van der Waals surface area (Å²) in [5.41, 5.74) is 2.80. The SMILES string of the molecule is C/C=C\Cn1c(C(=O)NCCN2CCCCC2)cc2c(OCc3ccccc3)cccc21. The molecule has 0 spiro atoms. The summed E-state index contributed by atoms with van der Waals surface area (Å²) in [6.07, 6.45) is 7.93. The molecule has 2 aromatic carbocycles. The Morgan fingerprint density at radius 2 is 1.88 bits per heavy atom. The lowest BCUT2D eigenvalue weighted by molar-refractivity contribution is 0.0938. The topological polar surface area (TPSA) is 46.5 Å². The van der Waals surface area contributed by atoms with Crippen LogP contribution in [0.15, 0.2) is 66.7 Å². The molecule has 32 heavy (non-hydrogen) atoms. The van der Waals surface area contributed by atoms with Gasteiger partial charge < -0.3 is 19.5 Å². The van der Waals surface area contributed by atoms with Crippen LogP contribution < -0.4 is 10.1 Å². The van der Waals surface area contributed by atoms with Crippen LogP contribution in [0.25, 0.3) is 10.9 Å². The number of hydrogen-bond acceptors (Lipinski definition) is 3. The van der Waals surface area contributed by atoms with Crippen molar-refractivity contribution in [3.8, 4) is 5.75 Å². The molecule has 5 heteroatoms. The smallest absolute Gasteiger partial charge is 0.268 e. The minimum atomic E-state index is -0.0308. The zero-order valence-corrected chi connectivity index (χ0v) is 18.9. The summed E-state index contributed by atoms with van der Waals surface area (Å²) in [7, 11) is 0. The van der Waals surface area contributed by atoms with Crippen LogP contribution in [0.4, 0.5) is 0 Å². The van der Waals surface area contributed by atoms with Gasteiger partial charge >= 0.3 is 0 Å². The third kappa shape index (κ3) is 5.40. The zero-order valence-electron chi connectivity index (χ0n) is 18.9. The standard InChI is InChI=1S/C27H33N3O2/c1-2-3-18-30-24-13-10-14-26(32-21-22-11-6-4-7-12-22)23(24)20-25(30)27(31)28-15-19-29-16-8-5-9-17-29/h2-4,6-7,10-14,20H,5,8-9,15-19,21H2,1H3,(H,28,31)/b3-2-. The first kappa shape index (κ1) is 22.2. The van der Waals surface area contributed by atoms with Gasteiger partial charge in [-0.1, -0.05) is 55.0 Å². The average Bonchev–Trinajstić information content (AvgIpc) is 3.22. The largest absolute Gasteiger partial charge is 0.488 e. The van der Waals surface area contributed by atoms with Gasteiger partial charge in [-0.15, -0.1) is 0 Å². The number of amides is 1. The highest BCUT2D eigenvalue weighted by atomic mass is 16.5. The van der Waals surface area contributed by atoms with Crippen LogP contribution in [-0.2, 0) is 13.2 Å². The summed E-state index contributed by atoms with van der Waals surface area (Å²) in [5, 5.41) is 4.10. The van der Waals surface area contributed by atoms with Gasteiger partial charge in [0.25, 0.3) is 5.91 Å². The number of rotatable bonds is 9. The quantitative estimate of drug-likeness (QED) is 0.484.